The van der Waals surface area contributed by atoms with Crippen molar-refractivity contribution in [3.05, 3.63) is 95.4 Å². The van der Waals surface area contributed by atoms with E-state index in [9.17, 15) is 9.18 Å². The fraction of sp³-hybridized carbons (Fsp3) is 0.0833. The SMILES string of the molecule is COc1ccc(/C=C2/N=C(c3ccccc3)N(c3ccc(F)cc3)C2=O)cc1OC. The van der Waals surface area contributed by atoms with Gasteiger partial charge in [0.2, 0.25) is 0 Å². The molecule has 3 aromatic rings. The van der Waals surface area contributed by atoms with Crippen LogP contribution in [-0.2, 0) is 4.79 Å². The molecule has 1 aliphatic heterocycles. The largest absolute Gasteiger partial charge is 0.493 e. The van der Waals surface area contributed by atoms with Crippen LogP contribution in [0.4, 0.5) is 10.1 Å². The van der Waals surface area contributed by atoms with Crippen molar-refractivity contribution in [3.63, 3.8) is 0 Å². The van der Waals surface area contributed by atoms with Gasteiger partial charge in [-0.15, -0.1) is 0 Å². The molecule has 5 nitrogen and oxygen atoms in total. The highest BCUT2D eigenvalue weighted by Gasteiger charge is 2.32. The van der Waals surface area contributed by atoms with Gasteiger partial charge in [0.1, 0.15) is 17.3 Å². The lowest BCUT2D eigenvalue weighted by Gasteiger charge is -2.18. The fourth-order valence-electron chi connectivity index (χ4n) is 3.23. The normalized spacial score (nSPS) is 14.8. The van der Waals surface area contributed by atoms with Crippen LogP contribution in [0.2, 0.25) is 0 Å². The summed E-state index contributed by atoms with van der Waals surface area (Å²) in [6.07, 6.45) is 1.69. The zero-order valence-corrected chi connectivity index (χ0v) is 16.5. The van der Waals surface area contributed by atoms with E-state index in [2.05, 4.69) is 4.99 Å². The molecule has 4 rings (SSSR count). The van der Waals surface area contributed by atoms with Crippen molar-refractivity contribution >= 4 is 23.5 Å². The van der Waals surface area contributed by atoms with Crippen LogP contribution in [0.5, 0.6) is 11.5 Å². The molecule has 0 spiro atoms. The van der Waals surface area contributed by atoms with Gasteiger partial charge < -0.3 is 9.47 Å². The van der Waals surface area contributed by atoms with Crippen LogP contribution in [0.1, 0.15) is 11.1 Å². The Hall–Kier alpha value is -3.93. The Balaban J connectivity index is 1.79. The fourth-order valence-corrected chi connectivity index (χ4v) is 3.23. The Morgan fingerprint density at radius 3 is 2.27 bits per heavy atom. The average Bonchev–Trinajstić information content (AvgIpc) is 3.10. The number of halogens is 1. The van der Waals surface area contributed by atoms with E-state index in [1.54, 1.807) is 44.6 Å². The number of hydrogen-bond acceptors (Lipinski definition) is 4. The molecule has 0 bridgehead atoms. The standard InChI is InChI=1S/C24H19FN2O3/c1-29-21-13-8-16(15-22(21)30-2)14-20-24(28)27(19-11-9-18(25)10-12-19)23(26-20)17-6-4-3-5-7-17/h3-15H,1-2H3/b20-14+. The molecule has 1 amide bonds. The number of methoxy groups -OCH3 is 2. The van der Waals surface area contributed by atoms with E-state index in [0.717, 1.165) is 11.1 Å². The van der Waals surface area contributed by atoms with Gasteiger partial charge in [0.05, 0.1) is 19.9 Å². The Bertz CT molecular complexity index is 1140. The molecule has 0 aliphatic carbocycles. The van der Waals surface area contributed by atoms with Gasteiger partial charge in [0.25, 0.3) is 5.91 Å². The number of benzene rings is 3. The molecule has 0 saturated carbocycles. The van der Waals surface area contributed by atoms with Crippen molar-refractivity contribution in [3.8, 4) is 11.5 Å². The number of anilines is 1. The van der Waals surface area contributed by atoms with Crippen LogP contribution < -0.4 is 14.4 Å². The summed E-state index contributed by atoms with van der Waals surface area (Å²) in [4.78, 5) is 19.3. The molecule has 0 saturated heterocycles. The van der Waals surface area contributed by atoms with E-state index in [1.807, 2.05) is 36.4 Å². The topological polar surface area (TPSA) is 51.1 Å². The third-order valence-electron chi connectivity index (χ3n) is 4.69. The number of nitrogens with zero attached hydrogens (tertiary/aromatic N) is 2. The number of hydrogen-bond donors (Lipinski definition) is 0. The lowest BCUT2D eigenvalue weighted by atomic mass is 10.1. The Kier molecular flexibility index (Phi) is 5.30. The second-order valence-electron chi connectivity index (χ2n) is 6.56. The molecule has 0 fully saturated rings. The Labute approximate surface area is 173 Å². The molecule has 30 heavy (non-hydrogen) atoms. The quantitative estimate of drug-likeness (QED) is 0.583. The lowest BCUT2D eigenvalue weighted by molar-refractivity contribution is -0.113. The summed E-state index contributed by atoms with van der Waals surface area (Å²) in [6, 6.07) is 20.5. The van der Waals surface area contributed by atoms with Gasteiger partial charge >= 0.3 is 0 Å². The maximum Gasteiger partial charge on any atom is 0.282 e. The highest BCUT2D eigenvalue weighted by Crippen LogP contribution is 2.31. The number of amidine groups is 1. The summed E-state index contributed by atoms with van der Waals surface area (Å²) in [5.74, 6) is 0.970. The zero-order chi connectivity index (χ0) is 21.1. The monoisotopic (exact) mass is 402 g/mol. The number of aliphatic imine (C=N–C) groups is 1. The van der Waals surface area contributed by atoms with Gasteiger partial charge in [0.15, 0.2) is 11.5 Å². The molecular formula is C24H19FN2O3. The van der Waals surface area contributed by atoms with Gasteiger partial charge in [-0.3, -0.25) is 9.69 Å². The third kappa shape index (κ3) is 3.67. The van der Waals surface area contributed by atoms with Crippen LogP contribution >= 0.6 is 0 Å². The Morgan fingerprint density at radius 1 is 0.900 bits per heavy atom. The maximum absolute atomic E-state index is 13.4. The second kappa shape index (κ2) is 8.21. The average molecular weight is 402 g/mol. The molecular weight excluding hydrogens is 383 g/mol. The van der Waals surface area contributed by atoms with Gasteiger partial charge in [0, 0.05) is 5.56 Å². The van der Waals surface area contributed by atoms with Gasteiger partial charge in [-0.05, 0) is 48.0 Å². The number of carbonyl (C=O) groups excluding carboxylic acids is 1. The highest BCUT2D eigenvalue weighted by atomic mass is 19.1. The minimum absolute atomic E-state index is 0.269. The first-order valence-corrected chi connectivity index (χ1v) is 9.28. The molecule has 0 aromatic heterocycles. The van der Waals surface area contributed by atoms with E-state index in [1.165, 1.54) is 17.0 Å². The molecule has 0 unspecified atom stereocenters. The number of ether oxygens (including phenoxy) is 2. The lowest BCUT2D eigenvalue weighted by Crippen LogP contribution is -2.32. The predicted molar refractivity (Wildman–Crippen MR) is 114 cm³/mol. The number of amides is 1. The number of carbonyl (C=O) groups is 1. The van der Waals surface area contributed by atoms with E-state index in [4.69, 9.17) is 9.47 Å². The first kappa shape index (κ1) is 19.4. The van der Waals surface area contributed by atoms with Crippen LogP contribution in [0, 0.1) is 5.82 Å². The summed E-state index contributed by atoms with van der Waals surface area (Å²) in [7, 11) is 3.12. The second-order valence-corrected chi connectivity index (χ2v) is 6.56. The van der Waals surface area contributed by atoms with Gasteiger partial charge in [-0.25, -0.2) is 9.38 Å². The summed E-state index contributed by atoms with van der Waals surface area (Å²) >= 11 is 0. The van der Waals surface area contributed by atoms with E-state index >= 15 is 0 Å². The van der Waals surface area contributed by atoms with E-state index in [-0.39, 0.29) is 17.4 Å². The maximum atomic E-state index is 13.4. The summed E-state index contributed by atoms with van der Waals surface area (Å²) in [5.41, 5.74) is 2.34. The van der Waals surface area contributed by atoms with Crippen LogP contribution in [0.25, 0.3) is 6.08 Å². The number of rotatable bonds is 5. The molecule has 0 radical (unpaired) electrons. The van der Waals surface area contributed by atoms with E-state index in [0.29, 0.717) is 23.0 Å². The van der Waals surface area contributed by atoms with Crippen molar-refractivity contribution in [2.24, 2.45) is 4.99 Å². The Morgan fingerprint density at radius 2 is 1.60 bits per heavy atom. The van der Waals surface area contributed by atoms with Crippen LogP contribution in [-0.4, -0.2) is 26.0 Å². The van der Waals surface area contributed by atoms with Crippen molar-refractivity contribution in [2.75, 3.05) is 19.1 Å². The predicted octanol–water partition coefficient (Wildman–Crippen LogP) is 4.68. The summed E-state index contributed by atoms with van der Waals surface area (Å²) in [5, 5.41) is 0. The highest BCUT2D eigenvalue weighted by molar-refractivity contribution is 6.33. The van der Waals surface area contributed by atoms with Crippen LogP contribution in [0.3, 0.4) is 0 Å². The summed E-state index contributed by atoms with van der Waals surface area (Å²) < 4.78 is 24.0. The molecule has 3 aromatic carbocycles. The zero-order valence-electron chi connectivity index (χ0n) is 16.5. The van der Waals surface area contributed by atoms with Crippen molar-refractivity contribution in [1.82, 2.24) is 0 Å². The van der Waals surface area contributed by atoms with Crippen molar-refractivity contribution in [2.45, 2.75) is 0 Å². The van der Waals surface area contributed by atoms with Crippen LogP contribution in [0.15, 0.2) is 83.5 Å². The molecule has 1 aliphatic rings. The molecule has 1 heterocycles. The van der Waals surface area contributed by atoms with E-state index < -0.39 is 0 Å². The minimum atomic E-state index is -0.371. The molecule has 0 N–H and O–H groups in total. The molecule has 6 heteroatoms. The first-order valence-electron chi connectivity index (χ1n) is 9.28. The third-order valence-corrected chi connectivity index (χ3v) is 4.69. The van der Waals surface area contributed by atoms with Crippen molar-refractivity contribution in [1.29, 1.82) is 0 Å². The van der Waals surface area contributed by atoms with Gasteiger partial charge in [-0.2, -0.15) is 0 Å². The smallest absolute Gasteiger partial charge is 0.282 e. The first-order chi connectivity index (χ1) is 14.6. The minimum Gasteiger partial charge on any atom is -0.493 e. The summed E-state index contributed by atoms with van der Waals surface area (Å²) in [6.45, 7) is 0. The molecule has 0 atom stereocenters. The van der Waals surface area contributed by atoms with Gasteiger partial charge in [-0.1, -0.05) is 36.4 Å². The van der Waals surface area contributed by atoms with Crippen molar-refractivity contribution < 1.29 is 18.7 Å². The molecule has 150 valence electrons.